The van der Waals surface area contributed by atoms with E-state index in [4.69, 9.17) is 23.2 Å². The van der Waals surface area contributed by atoms with Gasteiger partial charge in [0.25, 0.3) is 0 Å². The average Bonchev–Trinajstić information content (AvgIpc) is 3.01. The summed E-state index contributed by atoms with van der Waals surface area (Å²) in [6.07, 6.45) is 5.92. The van der Waals surface area contributed by atoms with E-state index in [1.807, 2.05) is 0 Å². The van der Waals surface area contributed by atoms with Gasteiger partial charge < -0.3 is 15.3 Å². The molecule has 1 aliphatic carbocycles. The molecular weight excluding hydrogens is 337 g/mol. The van der Waals surface area contributed by atoms with E-state index in [0.29, 0.717) is 37.5 Å². The summed E-state index contributed by atoms with van der Waals surface area (Å²) < 4.78 is 0. The standard InChI is InChI=1S/C16H21Cl2N3O2/c17-13-9-12(10-14(18)20-13)19-15(22)21-7-5-16(23,6-8-21)11-3-1-2-4-11/h9-11,23H,1-8H2,(H,19,20,22). The average molecular weight is 358 g/mol. The third kappa shape index (κ3) is 3.90. The fourth-order valence-corrected chi connectivity index (χ4v) is 4.17. The number of nitrogens with zero attached hydrogens (tertiary/aromatic N) is 2. The SMILES string of the molecule is O=C(Nc1cc(Cl)nc(Cl)c1)N1CCC(O)(C2CCCC2)CC1. The van der Waals surface area contributed by atoms with Crippen LogP contribution in [0.25, 0.3) is 0 Å². The molecule has 1 saturated heterocycles. The van der Waals surface area contributed by atoms with Gasteiger partial charge in [0.05, 0.1) is 5.60 Å². The van der Waals surface area contributed by atoms with E-state index < -0.39 is 5.60 Å². The van der Waals surface area contributed by atoms with Gasteiger partial charge in [-0.1, -0.05) is 36.0 Å². The number of likely N-dealkylation sites (tertiary alicyclic amines) is 1. The molecule has 2 aliphatic rings. The van der Waals surface area contributed by atoms with Gasteiger partial charge in [-0.15, -0.1) is 0 Å². The van der Waals surface area contributed by atoms with Gasteiger partial charge >= 0.3 is 6.03 Å². The summed E-state index contributed by atoms with van der Waals surface area (Å²) in [5.74, 6) is 0.394. The van der Waals surface area contributed by atoms with E-state index >= 15 is 0 Å². The third-order valence-electron chi connectivity index (χ3n) is 5.05. The maximum atomic E-state index is 12.3. The highest BCUT2D eigenvalue weighted by molar-refractivity contribution is 6.32. The Kier molecular flexibility index (Phi) is 4.99. The molecule has 0 radical (unpaired) electrons. The molecular formula is C16H21Cl2N3O2. The van der Waals surface area contributed by atoms with Gasteiger partial charge in [-0.25, -0.2) is 9.78 Å². The summed E-state index contributed by atoms with van der Waals surface area (Å²) in [6, 6.07) is 2.92. The monoisotopic (exact) mass is 357 g/mol. The minimum atomic E-state index is -0.601. The van der Waals surface area contributed by atoms with Crippen LogP contribution in [0.5, 0.6) is 0 Å². The van der Waals surface area contributed by atoms with E-state index in [2.05, 4.69) is 10.3 Å². The smallest absolute Gasteiger partial charge is 0.321 e. The van der Waals surface area contributed by atoms with Gasteiger partial charge in [0.15, 0.2) is 0 Å². The number of carbonyl (C=O) groups excluding carboxylic acids is 1. The van der Waals surface area contributed by atoms with Gasteiger partial charge in [0.1, 0.15) is 10.3 Å². The summed E-state index contributed by atoms with van der Waals surface area (Å²) in [5, 5.41) is 14.1. The zero-order valence-corrected chi connectivity index (χ0v) is 14.4. The van der Waals surface area contributed by atoms with Crippen LogP contribution in [0.4, 0.5) is 10.5 Å². The molecule has 2 fully saturated rings. The molecule has 2 heterocycles. The molecule has 0 bridgehead atoms. The Labute approximate surface area is 146 Å². The van der Waals surface area contributed by atoms with Crippen molar-refractivity contribution in [2.75, 3.05) is 18.4 Å². The van der Waals surface area contributed by atoms with E-state index in [1.54, 1.807) is 17.0 Å². The molecule has 23 heavy (non-hydrogen) atoms. The van der Waals surface area contributed by atoms with Gasteiger partial charge in [-0.3, -0.25) is 0 Å². The number of carbonyl (C=O) groups is 1. The predicted molar refractivity (Wildman–Crippen MR) is 91.0 cm³/mol. The molecule has 0 unspecified atom stereocenters. The number of aliphatic hydroxyl groups is 1. The van der Waals surface area contributed by atoms with E-state index in [1.165, 1.54) is 12.8 Å². The summed E-state index contributed by atoms with van der Waals surface area (Å²) in [6.45, 7) is 1.12. The number of amides is 2. The van der Waals surface area contributed by atoms with Crippen LogP contribution in [0.15, 0.2) is 12.1 Å². The van der Waals surface area contributed by atoms with Gasteiger partial charge in [-0.2, -0.15) is 0 Å². The molecule has 7 heteroatoms. The second-order valence-corrected chi connectivity index (χ2v) is 7.28. The zero-order valence-electron chi connectivity index (χ0n) is 12.9. The molecule has 2 N–H and O–H groups in total. The van der Waals surface area contributed by atoms with E-state index in [9.17, 15) is 9.90 Å². The zero-order chi connectivity index (χ0) is 16.4. The number of hydrogen-bond acceptors (Lipinski definition) is 3. The number of urea groups is 1. The quantitative estimate of drug-likeness (QED) is 0.787. The number of piperidine rings is 1. The maximum Gasteiger partial charge on any atom is 0.321 e. The second-order valence-electron chi connectivity index (χ2n) is 6.50. The molecule has 1 aromatic rings. The molecule has 3 rings (SSSR count). The largest absolute Gasteiger partial charge is 0.389 e. The fraction of sp³-hybridized carbons (Fsp3) is 0.625. The lowest BCUT2D eigenvalue weighted by molar-refractivity contribution is -0.0574. The summed E-state index contributed by atoms with van der Waals surface area (Å²) in [7, 11) is 0. The second kappa shape index (κ2) is 6.83. The molecule has 0 spiro atoms. The number of pyridine rings is 1. The van der Waals surface area contributed by atoms with Crippen LogP contribution in [0.2, 0.25) is 10.3 Å². The third-order valence-corrected chi connectivity index (χ3v) is 5.43. The highest BCUT2D eigenvalue weighted by atomic mass is 35.5. The van der Waals surface area contributed by atoms with Crippen LogP contribution in [0.1, 0.15) is 38.5 Å². The Balaban J connectivity index is 1.57. The molecule has 5 nitrogen and oxygen atoms in total. The van der Waals surface area contributed by atoms with Crippen molar-refractivity contribution in [1.82, 2.24) is 9.88 Å². The number of rotatable bonds is 2. The Morgan fingerprint density at radius 3 is 2.35 bits per heavy atom. The van der Waals surface area contributed by atoms with Crippen LogP contribution in [-0.2, 0) is 0 Å². The summed E-state index contributed by atoms with van der Waals surface area (Å²) >= 11 is 11.7. The van der Waals surface area contributed by atoms with E-state index in [-0.39, 0.29) is 16.3 Å². The van der Waals surface area contributed by atoms with E-state index in [0.717, 1.165) is 12.8 Å². The first kappa shape index (κ1) is 16.8. The normalized spacial score (nSPS) is 21.4. The lowest BCUT2D eigenvalue weighted by Gasteiger charge is -2.41. The minimum absolute atomic E-state index is 0.197. The molecule has 2 amide bonds. The first-order valence-electron chi connectivity index (χ1n) is 8.08. The highest BCUT2D eigenvalue weighted by Gasteiger charge is 2.41. The van der Waals surface area contributed by atoms with Gasteiger partial charge in [0, 0.05) is 18.8 Å². The Bertz CT molecular complexity index is 562. The van der Waals surface area contributed by atoms with Crippen molar-refractivity contribution >= 4 is 34.9 Å². The van der Waals surface area contributed by atoms with Crippen LogP contribution in [0, 0.1) is 5.92 Å². The number of halogens is 2. The Hall–Kier alpha value is -1.04. The molecule has 0 aromatic carbocycles. The van der Waals surface area contributed by atoms with Crippen LogP contribution >= 0.6 is 23.2 Å². The first-order chi connectivity index (χ1) is 11.0. The Morgan fingerprint density at radius 2 is 1.78 bits per heavy atom. The van der Waals surface area contributed by atoms with Crippen molar-refractivity contribution in [1.29, 1.82) is 0 Å². The van der Waals surface area contributed by atoms with Crippen molar-refractivity contribution in [3.05, 3.63) is 22.4 Å². The van der Waals surface area contributed by atoms with Gasteiger partial charge in [0.2, 0.25) is 0 Å². The summed E-state index contributed by atoms with van der Waals surface area (Å²) in [5.41, 5.74) is -0.0760. The van der Waals surface area contributed by atoms with Gasteiger partial charge in [-0.05, 0) is 43.7 Å². The molecule has 1 aromatic heterocycles. The number of nitrogens with one attached hydrogen (secondary N) is 1. The van der Waals surface area contributed by atoms with Crippen LogP contribution in [-0.4, -0.2) is 39.7 Å². The predicted octanol–water partition coefficient (Wildman–Crippen LogP) is 3.94. The molecule has 0 atom stereocenters. The Morgan fingerprint density at radius 1 is 1.22 bits per heavy atom. The van der Waals surface area contributed by atoms with Crippen molar-refractivity contribution in [2.45, 2.75) is 44.1 Å². The molecule has 126 valence electrons. The fourth-order valence-electron chi connectivity index (χ4n) is 3.71. The van der Waals surface area contributed by atoms with Crippen molar-refractivity contribution in [2.24, 2.45) is 5.92 Å². The van der Waals surface area contributed by atoms with Crippen LogP contribution < -0.4 is 5.32 Å². The van der Waals surface area contributed by atoms with Crippen LogP contribution in [0.3, 0.4) is 0 Å². The lowest BCUT2D eigenvalue weighted by atomic mass is 9.78. The molecule has 1 saturated carbocycles. The topological polar surface area (TPSA) is 65.5 Å². The minimum Gasteiger partial charge on any atom is -0.389 e. The van der Waals surface area contributed by atoms with Crippen molar-refractivity contribution in [3.63, 3.8) is 0 Å². The number of hydrogen-bond donors (Lipinski definition) is 2. The van der Waals surface area contributed by atoms with Crippen molar-refractivity contribution < 1.29 is 9.90 Å². The number of aromatic nitrogens is 1. The summed E-state index contributed by atoms with van der Waals surface area (Å²) in [4.78, 5) is 17.9. The lowest BCUT2D eigenvalue weighted by Crippen LogP contribution is -2.50. The highest BCUT2D eigenvalue weighted by Crippen LogP contribution is 2.40. The maximum absolute atomic E-state index is 12.3. The molecule has 1 aliphatic heterocycles. The first-order valence-corrected chi connectivity index (χ1v) is 8.83. The van der Waals surface area contributed by atoms with Crippen molar-refractivity contribution in [3.8, 4) is 0 Å². The number of anilines is 1.